The highest BCUT2D eigenvalue weighted by atomic mass is 16.5. The van der Waals surface area contributed by atoms with E-state index in [2.05, 4.69) is 20.6 Å². The lowest BCUT2D eigenvalue weighted by Crippen LogP contribution is -2.20. The molecule has 3 rings (SSSR count). The van der Waals surface area contributed by atoms with Crippen molar-refractivity contribution < 1.29 is 5.21 Å². The zero-order valence-electron chi connectivity index (χ0n) is 12.9. The molecule has 0 unspecified atom stereocenters. The van der Waals surface area contributed by atoms with E-state index in [4.69, 9.17) is 0 Å². The van der Waals surface area contributed by atoms with Crippen molar-refractivity contribution >= 4 is 22.4 Å². The van der Waals surface area contributed by atoms with Gasteiger partial charge in [0.05, 0.1) is 16.8 Å². The average Bonchev–Trinajstić information content (AvgIpc) is 2.57. The maximum Gasteiger partial charge on any atom is 0.286 e. The number of hydrogen-bond donors (Lipinski definition) is 3. The molecule has 7 heteroatoms. The lowest BCUT2D eigenvalue weighted by atomic mass is 10.1. The van der Waals surface area contributed by atoms with Crippen LogP contribution in [0.1, 0.15) is 11.3 Å². The molecule has 0 saturated heterocycles. The number of nitrogens with one attached hydrogen (secondary N) is 2. The molecule has 0 radical (unpaired) electrons. The summed E-state index contributed by atoms with van der Waals surface area (Å²) >= 11 is 0. The summed E-state index contributed by atoms with van der Waals surface area (Å²) in [5.41, 5.74) is 3.01. The van der Waals surface area contributed by atoms with Gasteiger partial charge in [0.2, 0.25) is 0 Å². The number of benzene rings is 1. The molecule has 0 saturated carbocycles. The van der Waals surface area contributed by atoms with E-state index in [1.165, 1.54) is 12.4 Å². The van der Waals surface area contributed by atoms with Crippen molar-refractivity contribution in [3.63, 3.8) is 0 Å². The number of aromatic nitrogens is 3. The van der Waals surface area contributed by atoms with Crippen LogP contribution in [0.5, 0.6) is 0 Å². The van der Waals surface area contributed by atoms with Gasteiger partial charge in [0, 0.05) is 25.3 Å². The monoisotopic (exact) mass is 311 g/mol. The normalized spacial score (nSPS) is 10.7. The molecule has 0 fully saturated rings. The summed E-state index contributed by atoms with van der Waals surface area (Å²) in [6.45, 7) is 2.34. The van der Waals surface area contributed by atoms with Gasteiger partial charge in [-0.3, -0.25) is 4.79 Å². The number of hydrogen-bond acceptors (Lipinski definition) is 6. The Balaban J connectivity index is 2.00. The largest absolute Gasteiger partial charge is 0.423 e. The molecule has 23 heavy (non-hydrogen) atoms. The van der Waals surface area contributed by atoms with Crippen LogP contribution in [-0.2, 0) is 6.54 Å². The van der Waals surface area contributed by atoms with Crippen LogP contribution in [-0.4, -0.2) is 27.0 Å². The quantitative estimate of drug-likeness (QED) is 0.638. The van der Waals surface area contributed by atoms with Crippen LogP contribution >= 0.6 is 0 Å². The topological polar surface area (TPSA) is 92.1 Å². The van der Waals surface area contributed by atoms with Gasteiger partial charge in [-0.1, -0.05) is 12.1 Å². The second-order valence-corrected chi connectivity index (χ2v) is 5.17. The highest BCUT2D eigenvalue weighted by molar-refractivity contribution is 5.90. The first-order valence-corrected chi connectivity index (χ1v) is 7.17. The van der Waals surface area contributed by atoms with Crippen molar-refractivity contribution in [2.24, 2.45) is 0 Å². The van der Waals surface area contributed by atoms with Crippen LogP contribution in [0.25, 0.3) is 11.0 Å². The molecule has 2 aromatic heterocycles. The van der Waals surface area contributed by atoms with E-state index in [0.717, 1.165) is 11.3 Å². The molecule has 0 aliphatic rings. The Morgan fingerprint density at radius 1 is 1.26 bits per heavy atom. The molecule has 3 aromatic rings. The van der Waals surface area contributed by atoms with Crippen LogP contribution in [0.2, 0.25) is 0 Å². The van der Waals surface area contributed by atoms with E-state index in [1.807, 2.05) is 31.3 Å². The van der Waals surface area contributed by atoms with E-state index in [1.54, 1.807) is 6.92 Å². The molecule has 118 valence electrons. The zero-order chi connectivity index (χ0) is 16.4. The van der Waals surface area contributed by atoms with Gasteiger partial charge in [0.25, 0.3) is 5.56 Å². The molecule has 0 bridgehead atoms. The fraction of sp³-hybridized carbons (Fsp3) is 0.188. The average molecular weight is 311 g/mol. The zero-order valence-corrected chi connectivity index (χ0v) is 12.9. The Morgan fingerprint density at radius 2 is 2.09 bits per heavy atom. The molecule has 0 amide bonds. The molecular formula is C16H17N5O2. The van der Waals surface area contributed by atoms with Crippen molar-refractivity contribution in [1.29, 1.82) is 0 Å². The van der Waals surface area contributed by atoms with Gasteiger partial charge in [0.1, 0.15) is 6.33 Å². The lowest BCUT2D eigenvalue weighted by molar-refractivity contribution is 0.186. The first-order valence-electron chi connectivity index (χ1n) is 7.17. The van der Waals surface area contributed by atoms with Gasteiger partial charge in [0.15, 0.2) is 5.65 Å². The van der Waals surface area contributed by atoms with Crippen LogP contribution < -0.4 is 16.2 Å². The highest BCUT2D eigenvalue weighted by Gasteiger charge is 2.12. The molecule has 7 nitrogen and oxygen atoms in total. The molecule has 0 spiro atoms. The predicted octanol–water partition coefficient (Wildman–Crippen LogP) is 1.99. The summed E-state index contributed by atoms with van der Waals surface area (Å²) in [5.74, 6) is 0. The Hall–Kier alpha value is -3.09. The minimum Gasteiger partial charge on any atom is -0.423 e. The molecule has 1 aromatic carbocycles. The second-order valence-electron chi connectivity index (χ2n) is 5.17. The van der Waals surface area contributed by atoms with E-state index < -0.39 is 5.56 Å². The Kier molecular flexibility index (Phi) is 3.84. The van der Waals surface area contributed by atoms with Crippen LogP contribution in [0, 0.1) is 6.92 Å². The second kappa shape index (κ2) is 5.96. The first-order chi connectivity index (χ1) is 11.1. The Bertz CT molecular complexity index is 920. The number of pyridine rings is 1. The van der Waals surface area contributed by atoms with Gasteiger partial charge >= 0.3 is 0 Å². The van der Waals surface area contributed by atoms with Crippen LogP contribution in [0.3, 0.4) is 0 Å². The molecule has 0 aliphatic carbocycles. The maximum atomic E-state index is 11.9. The van der Waals surface area contributed by atoms with Gasteiger partial charge in [-0.05, 0) is 24.6 Å². The third-order valence-electron chi connectivity index (χ3n) is 3.66. The summed E-state index contributed by atoms with van der Waals surface area (Å²) < 4.78 is 0.539. The van der Waals surface area contributed by atoms with Crippen molar-refractivity contribution in [1.82, 2.24) is 14.7 Å². The number of rotatable bonds is 4. The first kappa shape index (κ1) is 14.8. The highest BCUT2D eigenvalue weighted by Crippen LogP contribution is 2.22. The van der Waals surface area contributed by atoms with E-state index in [9.17, 15) is 10.0 Å². The smallest absolute Gasteiger partial charge is 0.286 e. The Labute approximate surface area is 132 Å². The minimum atomic E-state index is -0.540. The summed E-state index contributed by atoms with van der Waals surface area (Å²) in [5, 5.41) is 16.8. The van der Waals surface area contributed by atoms with Gasteiger partial charge in [-0.15, -0.1) is 4.73 Å². The predicted molar refractivity (Wildman–Crippen MR) is 89.0 cm³/mol. The third-order valence-corrected chi connectivity index (χ3v) is 3.66. The standard InChI is InChI=1S/C16H17N5O2/c1-10-15-13(7-14(22)21(23)16(15)20-9-19-10)18-8-11-4-3-5-12(6-11)17-2/h3-7,9,17-18,23H,8H2,1-2H3. The van der Waals surface area contributed by atoms with Gasteiger partial charge in [-0.2, -0.15) is 0 Å². The van der Waals surface area contributed by atoms with Crippen LogP contribution in [0.15, 0.2) is 41.5 Å². The maximum absolute atomic E-state index is 11.9. The fourth-order valence-electron chi connectivity index (χ4n) is 2.47. The molecule has 3 N–H and O–H groups in total. The number of anilines is 2. The number of fused-ring (bicyclic) bond motifs is 1. The third kappa shape index (κ3) is 2.80. The fourth-order valence-corrected chi connectivity index (χ4v) is 2.47. The minimum absolute atomic E-state index is 0.191. The van der Waals surface area contributed by atoms with Gasteiger partial charge < -0.3 is 15.8 Å². The van der Waals surface area contributed by atoms with Crippen molar-refractivity contribution in [2.45, 2.75) is 13.5 Å². The van der Waals surface area contributed by atoms with Crippen molar-refractivity contribution in [2.75, 3.05) is 17.7 Å². The molecule has 0 atom stereocenters. The summed E-state index contributed by atoms with van der Waals surface area (Å²) in [7, 11) is 1.86. The Morgan fingerprint density at radius 3 is 2.87 bits per heavy atom. The molecule has 2 heterocycles. The van der Waals surface area contributed by atoms with E-state index in [-0.39, 0.29) is 5.65 Å². The number of aryl methyl sites for hydroxylation is 1. The van der Waals surface area contributed by atoms with Crippen molar-refractivity contribution in [3.05, 3.63) is 58.3 Å². The lowest BCUT2D eigenvalue weighted by Gasteiger charge is -2.12. The van der Waals surface area contributed by atoms with Crippen LogP contribution in [0.4, 0.5) is 11.4 Å². The van der Waals surface area contributed by atoms with E-state index in [0.29, 0.717) is 28.0 Å². The van der Waals surface area contributed by atoms with E-state index >= 15 is 0 Å². The summed E-state index contributed by atoms with van der Waals surface area (Å²) in [4.78, 5) is 20.0. The van der Waals surface area contributed by atoms with Gasteiger partial charge in [-0.25, -0.2) is 9.97 Å². The SMILES string of the molecule is CNc1cccc(CNc2cc(=O)n(O)c3ncnc(C)c23)c1. The number of nitrogens with zero attached hydrogens (tertiary/aromatic N) is 3. The molecule has 0 aliphatic heterocycles. The summed E-state index contributed by atoms with van der Waals surface area (Å²) in [6, 6.07) is 9.30. The summed E-state index contributed by atoms with van der Waals surface area (Å²) in [6.07, 6.45) is 1.32. The molecular weight excluding hydrogens is 294 g/mol. The van der Waals surface area contributed by atoms with Crippen molar-refractivity contribution in [3.8, 4) is 0 Å².